The highest BCUT2D eigenvalue weighted by atomic mass is 16.5. The van der Waals surface area contributed by atoms with Crippen molar-refractivity contribution < 1.29 is 14.3 Å². The van der Waals surface area contributed by atoms with Crippen LogP contribution in [0.15, 0.2) is 42.6 Å². The fraction of sp³-hybridized carbons (Fsp3) is 0.409. The number of rotatable bonds is 7. The van der Waals surface area contributed by atoms with E-state index in [0.717, 1.165) is 24.3 Å². The van der Waals surface area contributed by atoms with E-state index in [-0.39, 0.29) is 24.2 Å². The molecule has 1 aliphatic carbocycles. The largest absolute Gasteiger partial charge is 0.492 e. The van der Waals surface area contributed by atoms with E-state index in [9.17, 15) is 9.59 Å². The molecule has 0 spiro atoms. The van der Waals surface area contributed by atoms with E-state index in [2.05, 4.69) is 22.4 Å². The molecule has 2 aliphatic rings. The zero-order valence-electron chi connectivity index (χ0n) is 15.9. The minimum Gasteiger partial charge on any atom is -0.492 e. The molecule has 146 valence electrons. The van der Waals surface area contributed by atoms with E-state index in [0.29, 0.717) is 26.2 Å². The first kappa shape index (κ1) is 18.5. The number of aryl methyl sites for hydroxylation is 2. The predicted octanol–water partition coefficient (Wildman–Crippen LogP) is 2.11. The lowest BCUT2D eigenvalue weighted by atomic mass is 10.1. The van der Waals surface area contributed by atoms with Gasteiger partial charge in [-0.25, -0.2) is 0 Å². The molecule has 1 aromatic heterocycles. The number of carbonyl (C=O) groups excluding carboxylic acids is 2. The van der Waals surface area contributed by atoms with E-state index in [4.69, 9.17) is 4.74 Å². The molecular weight excluding hydrogens is 354 g/mol. The third kappa shape index (κ3) is 4.32. The lowest BCUT2D eigenvalue weighted by molar-refractivity contribution is -0.129. The number of nitrogens with one attached hydrogen (secondary N) is 1. The topological polar surface area (TPSA) is 71.5 Å². The Hall–Kier alpha value is -2.89. The minimum absolute atomic E-state index is 0.000180. The monoisotopic (exact) mass is 379 g/mol. The highest BCUT2D eigenvalue weighted by Gasteiger charge is 2.34. The molecular formula is C22H25N3O3. The van der Waals surface area contributed by atoms with Gasteiger partial charge in [-0.05, 0) is 54.7 Å². The molecule has 1 aliphatic heterocycles. The molecule has 2 amide bonds. The van der Waals surface area contributed by atoms with Gasteiger partial charge in [0, 0.05) is 19.2 Å². The van der Waals surface area contributed by atoms with Crippen molar-refractivity contribution >= 4 is 11.8 Å². The second-order valence-corrected chi connectivity index (χ2v) is 7.42. The number of nitrogens with zero attached hydrogens (tertiary/aromatic N) is 2. The van der Waals surface area contributed by atoms with Gasteiger partial charge >= 0.3 is 0 Å². The van der Waals surface area contributed by atoms with Crippen molar-refractivity contribution in [1.29, 1.82) is 0 Å². The van der Waals surface area contributed by atoms with Crippen molar-refractivity contribution in [3.8, 4) is 5.75 Å². The predicted molar refractivity (Wildman–Crippen MR) is 105 cm³/mol. The lowest BCUT2D eigenvalue weighted by Crippen LogP contribution is -2.35. The molecule has 1 unspecified atom stereocenters. The number of aromatic nitrogens is 1. The Kier molecular flexibility index (Phi) is 5.55. The number of hydrogen-bond acceptors (Lipinski definition) is 4. The van der Waals surface area contributed by atoms with Crippen LogP contribution in [0.4, 0.5) is 0 Å². The molecule has 2 heterocycles. The maximum absolute atomic E-state index is 12.4. The number of pyridine rings is 1. The van der Waals surface area contributed by atoms with Crippen molar-refractivity contribution in [1.82, 2.24) is 15.2 Å². The summed E-state index contributed by atoms with van der Waals surface area (Å²) in [6.45, 7) is 1.74. The van der Waals surface area contributed by atoms with Crippen LogP contribution < -0.4 is 10.1 Å². The van der Waals surface area contributed by atoms with Gasteiger partial charge in [-0.1, -0.05) is 12.1 Å². The first-order valence-electron chi connectivity index (χ1n) is 9.89. The van der Waals surface area contributed by atoms with Crippen molar-refractivity contribution in [3.05, 3.63) is 59.4 Å². The van der Waals surface area contributed by atoms with Gasteiger partial charge in [-0.2, -0.15) is 0 Å². The maximum atomic E-state index is 12.4. The average Bonchev–Trinajstić information content (AvgIpc) is 3.32. The van der Waals surface area contributed by atoms with Gasteiger partial charge in [0.25, 0.3) is 0 Å². The summed E-state index contributed by atoms with van der Waals surface area (Å²) in [5, 5.41) is 2.89. The molecule has 0 radical (unpaired) electrons. The van der Waals surface area contributed by atoms with E-state index in [1.54, 1.807) is 11.1 Å². The number of ether oxygens (including phenoxy) is 1. The molecule has 1 aromatic carbocycles. The Morgan fingerprint density at radius 2 is 2.11 bits per heavy atom. The number of hydrogen-bond donors (Lipinski definition) is 1. The van der Waals surface area contributed by atoms with Gasteiger partial charge in [0.15, 0.2) is 0 Å². The summed E-state index contributed by atoms with van der Waals surface area (Å²) < 4.78 is 5.77. The van der Waals surface area contributed by atoms with Crippen LogP contribution in [0, 0.1) is 5.92 Å². The third-order valence-electron chi connectivity index (χ3n) is 5.40. The molecule has 1 N–H and O–H groups in total. The van der Waals surface area contributed by atoms with Gasteiger partial charge < -0.3 is 15.0 Å². The summed E-state index contributed by atoms with van der Waals surface area (Å²) in [6, 6.07) is 11.9. The highest BCUT2D eigenvalue weighted by molar-refractivity contribution is 5.89. The first-order chi connectivity index (χ1) is 13.7. The molecule has 28 heavy (non-hydrogen) atoms. The normalized spacial score (nSPS) is 18.2. The van der Waals surface area contributed by atoms with Gasteiger partial charge in [0.2, 0.25) is 11.8 Å². The summed E-state index contributed by atoms with van der Waals surface area (Å²) in [4.78, 5) is 30.5. The Bertz CT molecular complexity index is 853. The molecule has 0 saturated carbocycles. The Morgan fingerprint density at radius 1 is 1.21 bits per heavy atom. The Morgan fingerprint density at radius 3 is 2.96 bits per heavy atom. The molecule has 2 aromatic rings. The quantitative estimate of drug-likeness (QED) is 0.748. The SMILES string of the molecule is O=C(NCCOc1ccc2c(c1)CCC2)C1CC(=O)N(Cc2ccccn2)C1. The van der Waals surface area contributed by atoms with Gasteiger partial charge in [-0.3, -0.25) is 14.6 Å². The minimum atomic E-state index is -0.309. The molecule has 0 bridgehead atoms. The summed E-state index contributed by atoms with van der Waals surface area (Å²) in [6.07, 6.45) is 5.45. The Balaban J connectivity index is 1.20. The molecule has 4 rings (SSSR count). The van der Waals surface area contributed by atoms with Gasteiger partial charge in [0.1, 0.15) is 12.4 Å². The molecule has 1 saturated heterocycles. The summed E-state index contributed by atoms with van der Waals surface area (Å²) in [7, 11) is 0. The maximum Gasteiger partial charge on any atom is 0.225 e. The molecule has 1 fully saturated rings. The first-order valence-corrected chi connectivity index (χ1v) is 9.89. The highest BCUT2D eigenvalue weighted by Crippen LogP contribution is 2.26. The van der Waals surface area contributed by atoms with Crippen LogP contribution in [0.3, 0.4) is 0 Å². The second-order valence-electron chi connectivity index (χ2n) is 7.42. The molecule has 6 heteroatoms. The standard InChI is InChI=1S/C22H25N3O3/c26-21-13-18(14-25(21)15-19-6-1-2-9-23-19)22(27)24-10-11-28-20-8-7-16-4-3-5-17(16)12-20/h1-2,6-9,12,18H,3-5,10-11,13-15H2,(H,24,27). The summed E-state index contributed by atoms with van der Waals surface area (Å²) in [5.74, 6) is 0.457. The van der Waals surface area contributed by atoms with Crippen molar-refractivity contribution in [2.24, 2.45) is 5.92 Å². The van der Waals surface area contributed by atoms with Gasteiger partial charge in [0.05, 0.1) is 24.7 Å². The lowest BCUT2D eigenvalue weighted by Gasteiger charge is -2.16. The van der Waals surface area contributed by atoms with Crippen LogP contribution in [0.2, 0.25) is 0 Å². The van der Waals surface area contributed by atoms with Crippen molar-refractivity contribution in [2.45, 2.75) is 32.2 Å². The van der Waals surface area contributed by atoms with E-state index >= 15 is 0 Å². The zero-order valence-corrected chi connectivity index (χ0v) is 15.9. The van der Waals surface area contributed by atoms with Crippen LogP contribution in [0.25, 0.3) is 0 Å². The number of amides is 2. The number of benzene rings is 1. The summed E-state index contributed by atoms with van der Waals surface area (Å²) in [5.41, 5.74) is 3.63. The fourth-order valence-electron chi connectivity index (χ4n) is 3.91. The number of fused-ring (bicyclic) bond motifs is 1. The number of likely N-dealkylation sites (tertiary alicyclic amines) is 1. The van der Waals surface area contributed by atoms with Crippen LogP contribution in [0.1, 0.15) is 29.7 Å². The third-order valence-corrected chi connectivity index (χ3v) is 5.40. The fourth-order valence-corrected chi connectivity index (χ4v) is 3.91. The zero-order chi connectivity index (χ0) is 19.3. The van der Waals surface area contributed by atoms with Crippen LogP contribution in [-0.4, -0.2) is 41.4 Å². The summed E-state index contributed by atoms with van der Waals surface area (Å²) >= 11 is 0. The van der Waals surface area contributed by atoms with Gasteiger partial charge in [-0.15, -0.1) is 0 Å². The van der Waals surface area contributed by atoms with Crippen LogP contribution >= 0.6 is 0 Å². The van der Waals surface area contributed by atoms with E-state index in [1.165, 1.54) is 17.5 Å². The van der Waals surface area contributed by atoms with Crippen LogP contribution in [-0.2, 0) is 29.0 Å². The average molecular weight is 379 g/mol. The smallest absolute Gasteiger partial charge is 0.225 e. The second kappa shape index (κ2) is 8.42. The van der Waals surface area contributed by atoms with Crippen LogP contribution in [0.5, 0.6) is 5.75 Å². The Labute approximate surface area is 164 Å². The van der Waals surface area contributed by atoms with Crippen molar-refractivity contribution in [2.75, 3.05) is 19.7 Å². The van der Waals surface area contributed by atoms with E-state index in [1.807, 2.05) is 24.3 Å². The van der Waals surface area contributed by atoms with E-state index < -0.39 is 0 Å². The van der Waals surface area contributed by atoms with Crippen molar-refractivity contribution in [3.63, 3.8) is 0 Å². The number of carbonyl (C=O) groups is 2. The molecule has 1 atom stereocenters. The molecule has 6 nitrogen and oxygen atoms in total.